The minimum Gasteiger partial charge on any atom is -0.383 e. The van der Waals surface area contributed by atoms with Crippen molar-refractivity contribution in [1.82, 2.24) is 14.9 Å². The van der Waals surface area contributed by atoms with E-state index in [1.807, 2.05) is 24.0 Å². The van der Waals surface area contributed by atoms with Gasteiger partial charge in [-0.25, -0.2) is 4.98 Å². The lowest BCUT2D eigenvalue weighted by molar-refractivity contribution is -0.141. The molecule has 0 radical (unpaired) electrons. The largest absolute Gasteiger partial charge is 0.433 e. The summed E-state index contributed by atoms with van der Waals surface area (Å²) in [5.41, 5.74) is 14.9. The molecular formula is C24H24F3N5O. The highest BCUT2D eigenvalue weighted by Crippen LogP contribution is 2.36. The summed E-state index contributed by atoms with van der Waals surface area (Å²) in [6, 6.07) is 9.60. The number of likely N-dealkylation sites (tertiary alicyclic amines) is 1. The van der Waals surface area contributed by atoms with E-state index in [2.05, 4.69) is 9.97 Å². The number of hydrogen-bond acceptors (Lipinski definition) is 5. The second-order valence-corrected chi connectivity index (χ2v) is 8.19. The molecule has 6 nitrogen and oxygen atoms in total. The maximum absolute atomic E-state index is 12.9. The van der Waals surface area contributed by atoms with Gasteiger partial charge in [0.1, 0.15) is 11.5 Å². The maximum Gasteiger partial charge on any atom is 0.433 e. The molecule has 1 aliphatic rings. The summed E-state index contributed by atoms with van der Waals surface area (Å²) < 4.78 is 38.6. The number of halogens is 3. The molecule has 0 atom stereocenters. The van der Waals surface area contributed by atoms with E-state index >= 15 is 0 Å². The number of carbonyl (C=O) groups excluding carboxylic acids is 1. The number of benzene rings is 1. The Kier molecular flexibility index (Phi) is 6.07. The van der Waals surface area contributed by atoms with Crippen molar-refractivity contribution in [3.8, 4) is 22.3 Å². The van der Waals surface area contributed by atoms with Crippen LogP contribution in [0, 0.1) is 6.92 Å². The van der Waals surface area contributed by atoms with Crippen LogP contribution in [0.25, 0.3) is 22.3 Å². The topological polar surface area (TPSA) is 98.1 Å². The van der Waals surface area contributed by atoms with Gasteiger partial charge >= 0.3 is 6.18 Å². The molecule has 0 aliphatic carbocycles. The highest BCUT2D eigenvalue weighted by atomic mass is 19.4. The molecule has 0 bridgehead atoms. The first kappa shape index (κ1) is 22.7. The van der Waals surface area contributed by atoms with Gasteiger partial charge < -0.3 is 16.4 Å². The van der Waals surface area contributed by atoms with Gasteiger partial charge in [-0.05, 0) is 49.1 Å². The van der Waals surface area contributed by atoms with Gasteiger partial charge in [0.2, 0.25) is 0 Å². The molecule has 1 fully saturated rings. The molecule has 33 heavy (non-hydrogen) atoms. The highest BCUT2D eigenvalue weighted by Gasteiger charge is 2.32. The number of nitrogens with zero attached hydrogens (tertiary/aromatic N) is 3. The number of aromatic nitrogens is 2. The summed E-state index contributed by atoms with van der Waals surface area (Å²) in [6.07, 6.45) is -0.157. The fourth-order valence-electron chi connectivity index (χ4n) is 4.06. The lowest BCUT2D eigenvalue weighted by Crippen LogP contribution is -2.42. The molecule has 172 valence electrons. The van der Waals surface area contributed by atoms with Gasteiger partial charge in [-0.3, -0.25) is 9.78 Å². The van der Waals surface area contributed by atoms with Crippen LogP contribution in [0.2, 0.25) is 0 Å². The number of rotatable bonds is 3. The van der Waals surface area contributed by atoms with Crippen LogP contribution in [-0.4, -0.2) is 39.9 Å². The molecule has 9 heteroatoms. The molecule has 1 saturated heterocycles. The fraction of sp³-hybridized carbons (Fsp3) is 0.292. The van der Waals surface area contributed by atoms with Crippen molar-refractivity contribution in [3.05, 3.63) is 65.6 Å². The van der Waals surface area contributed by atoms with E-state index in [9.17, 15) is 18.0 Å². The number of amides is 1. The minimum atomic E-state index is -4.52. The number of anilines is 1. The van der Waals surface area contributed by atoms with Crippen molar-refractivity contribution >= 4 is 11.7 Å². The SMILES string of the molecule is Cc1c(-c2ccc(C(=O)N3CCC(N)CC3)cc2)cnc(N)c1-c1ccc(C(F)(F)F)nc1. The molecule has 1 aromatic carbocycles. The first-order valence-corrected chi connectivity index (χ1v) is 10.6. The monoisotopic (exact) mass is 455 g/mol. The Morgan fingerprint density at radius 2 is 1.64 bits per heavy atom. The number of alkyl halides is 3. The molecule has 4 rings (SSSR count). The number of hydrogen-bond donors (Lipinski definition) is 2. The van der Waals surface area contributed by atoms with E-state index in [1.165, 1.54) is 6.07 Å². The van der Waals surface area contributed by atoms with Crippen LogP contribution < -0.4 is 11.5 Å². The Balaban J connectivity index is 1.62. The van der Waals surface area contributed by atoms with Gasteiger partial charge in [0, 0.05) is 53.8 Å². The first-order chi connectivity index (χ1) is 15.6. The average Bonchev–Trinajstić information content (AvgIpc) is 2.79. The third-order valence-corrected chi connectivity index (χ3v) is 5.98. The molecule has 0 unspecified atom stereocenters. The summed E-state index contributed by atoms with van der Waals surface area (Å²) in [5.74, 6) is 0.171. The highest BCUT2D eigenvalue weighted by molar-refractivity contribution is 5.95. The van der Waals surface area contributed by atoms with Gasteiger partial charge in [-0.15, -0.1) is 0 Å². The van der Waals surface area contributed by atoms with E-state index in [4.69, 9.17) is 11.5 Å². The zero-order chi connectivity index (χ0) is 23.8. The van der Waals surface area contributed by atoms with Crippen LogP contribution in [0.5, 0.6) is 0 Å². The molecule has 1 aliphatic heterocycles. The summed E-state index contributed by atoms with van der Waals surface area (Å²) in [7, 11) is 0. The standard InChI is InChI=1S/C24H24F3N5O/c1-14-19(13-31-22(29)21(14)17-6-7-20(30-12-17)24(25,26)27)15-2-4-16(5-3-15)23(33)32-10-8-18(28)9-11-32/h2-7,12-13,18H,8-11,28H2,1H3,(H2,29,31). The quantitative estimate of drug-likeness (QED) is 0.614. The van der Waals surface area contributed by atoms with Crippen LogP contribution in [0.15, 0.2) is 48.8 Å². The van der Waals surface area contributed by atoms with Crippen LogP contribution in [-0.2, 0) is 6.18 Å². The van der Waals surface area contributed by atoms with Crippen LogP contribution in [0.3, 0.4) is 0 Å². The third kappa shape index (κ3) is 4.68. The zero-order valence-corrected chi connectivity index (χ0v) is 18.1. The molecule has 2 aromatic heterocycles. The van der Waals surface area contributed by atoms with Crippen LogP contribution >= 0.6 is 0 Å². The van der Waals surface area contributed by atoms with E-state index in [1.54, 1.807) is 18.3 Å². The molecular weight excluding hydrogens is 431 g/mol. The van der Waals surface area contributed by atoms with Crippen molar-refractivity contribution in [1.29, 1.82) is 0 Å². The smallest absolute Gasteiger partial charge is 0.383 e. The van der Waals surface area contributed by atoms with Crippen molar-refractivity contribution in [2.24, 2.45) is 5.73 Å². The Morgan fingerprint density at radius 1 is 1.00 bits per heavy atom. The molecule has 1 amide bonds. The van der Waals surface area contributed by atoms with Gasteiger partial charge in [0.05, 0.1) is 0 Å². The molecule has 3 aromatic rings. The fourth-order valence-corrected chi connectivity index (χ4v) is 4.06. The van der Waals surface area contributed by atoms with Crippen molar-refractivity contribution in [3.63, 3.8) is 0 Å². The lowest BCUT2D eigenvalue weighted by atomic mass is 9.94. The molecule has 4 N–H and O–H groups in total. The number of pyridine rings is 2. The summed E-state index contributed by atoms with van der Waals surface area (Å²) in [5, 5.41) is 0. The van der Waals surface area contributed by atoms with E-state index < -0.39 is 11.9 Å². The lowest BCUT2D eigenvalue weighted by Gasteiger charge is -2.30. The molecule has 0 spiro atoms. The summed E-state index contributed by atoms with van der Waals surface area (Å²) in [6.45, 7) is 3.12. The number of carbonyl (C=O) groups is 1. The maximum atomic E-state index is 12.9. The summed E-state index contributed by atoms with van der Waals surface area (Å²) in [4.78, 5) is 22.4. The van der Waals surface area contributed by atoms with Crippen molar-refractivity contribution in [2.45, 2.75) is 32.0 Å². The van der Waals surface area contributed by atoms with E-state index in [0.29, 0.717) is 29.8 Å². The zero-order valence-electron chi connectivity index (χ0n) is 18.1. The van der Waals surface area contributed by atoms with Gasteiger partial charge in [0.25, 0.3) is 5.91 Å². The van der Waals surface area contributed by atoms with Crippen LogP contribution in [0.4, 0.5) is 19.0 Å². The predicted molar refractivity (Wildman–Crippen MR) is 120 cm³/mol. The molecule has 0 saturated carbocycles. The second kappa shape index (κ2) is 8.82. The van der Waals surface area contributed by atoms with Crippen molar-refractivity contribution in [2.75, 3.05) is 18.8 Å². The van der Waals surface area contributed by atoms with Gasteiger partial charge in [-0.1, -0.05) is 18.2 Å². The second-order valence-electron chi connectivity index (χ2n) is 8.19. The van der Waals surface area contributed by atoms with Gasteiger partial charge in [0.15, 0.2) is 0 Å². The Hall–Kier alpha value is -3.46. The third-order valence-electron chi connectivity index (χ3n) is 5.98. The first-order valence-electron chi connectivity index (χ1n) is 10.6. The predicted octanol–water partition coefficient (Wildman–Crippen LogP) is 4.28. The van der Waals surface area contributed by atoms with E-state index in [0.717, 1.165) is 41.8 Å². The van der Waals surface area contributed by atoms with Gasteiger partial charge in [-0.2, -0.15) is 13.2 Å². The average molecular weight is 455 g/mol. The Bertz CT molecular complexity index is 1150. The van der Waals surface area contributed by atoms with E-state index in [-0.39, 0.29) is 17.8 Å². The Morgan fingerprint density at radius 3 is 2.21 bits per heavy atom. The van der Waals surface area contributed by atoms with Crippen LogP contribution in [0.1, 0.15) is 34.5 Å². The minimum absolute atomic E-state index is 0.0304. The summed E-state index contributed by atoms with van der Waals surface area (Å²) >= 11 is 0. The van der Waals surface area contributed by atoms with Crippen molar-refractivity contribution < 1.29 is 18.0 Å². The Labute approximate surface area is 189 Å². The number of nitrogens with two attached hydrogens (primary N) is 2. The normalized spacial score (nSPS) is 15.0. The number of piperidine rings is 1. The number of nitrogen functional groups attached to an aromatic ring is 1. The molecule has 3 heterocycles.